The Morgan fingerprint density at radius 3 is 2.15 bits per heavy atom. The molecule has 1 aliphatic rings. The molecule has 13 heavy (non-hydrogen) atoms. The van der Waals surface area contributed by atoms with Crippen LogP contribution in [0.25, 0.3) is 0 Å². The second-order valence-electron chi connectivity index (χ2n) is 2.89. The molecule has 1 aliphatic heterocycles. The molecule has 1 radical (unpaired) electrons. The largest absolute Gasteiger partial charge is 0.394 e. The quantitative estimate of drug-likeness (QED) is 0.319. The Labute approximate surface area is 75.0 Å². The second kappa shape index (κ2) is 4.32. The van der Waals surface area contributed by atoms with E-state index in [4.69, 9.17) is 14.9 Å². The van der Waals surface area contributed by atoms with Crippen LogP contribution in [0.3, 0.4) is 0 Å². The van der Waals surface area contributed by atoms with Crippen LogP contribution in [-0.2, 0) is 4.74 Å². The minimum absolute atomic E-state index is 0.142. The highest BCUT2D eigenvalue weighted by Crippen LogP contribution is 2.25. The van der Waals surface area contributed by atoms with Gasteiger partial charge in [-0.3, -0.25) is 0 Å². The van der Waals surface area contributed by atoms with Crippen LogP contribution in [-0.4, -0.2) is 63.2 Å². The van der Waals surface area contributed by atoms with Crippen LogP contribution in [0, 0.1) is 6.10 Å². The van der Waals surface area contributed by atoms with E-state index in [0.29, 0.717) is 0 Å². The summed E-state index contributed by atoms with van der Waals surface area (Å²) < 4.78 is 4.84. The highest BCUT2D eigenvalue weighted by Gasteiger charge is 2.43. The molecule has 0 aromatic heterocycles. The lowest BCUT2D eigenvalue weighted by molar-refractivity contribution is -0.196. The Balaban J connectivity index is 2.66. The molecule has 1 heterocycles. The molecule has 77 valence electrons. The van der Waals surface area contributed by atoms with Gasteiger partial charge >= 0.3 is 0 Å². The Kier molecular flexibility index (Phi) is 3.60. The van der Waals surface area contributed by atoms with Gasteiger partial charge in [-0.15, -0.1) is 0 Å². The highest BCUT2D eigenvalue weighted by molar-refractivity contribution is 5.01. The summed E-state index contributed by atoms with van der Waals surface area (Å²) in [6.45, 7) is -1.05. The van der Waals surface area contributed by atoms with Gasteiger partial charge in [-0.25, -0.2) is 0 Å². The molecule has 1 fully saturated rings. The Morgan fingerprint density at radius 2 is 1.69 bits per heavy atom. The molecule has 5 N–H and O–H groups in total. The molecular formula is C7H13O6. The molecule has 0 amide bonds. The summed E-state index contributed by atoms with van der Waals surface area (Å²) in [7, 11) is 0. The highest BCUT2D eigenvalue weighted by atomic mass is 16.6. The first-order chi connectivity index (χ1) is 6.11. The number of aliphatic hydroxyl groups excluding tert-OH is 5. The second-order valence-corrected chi connectivity index (χ2v) is 2.89. The van der Waals surface area contributed by atoms with Crippen molar-refractivity contribution < 1.29 is 30.3 Å². The molecule has 0 saturated carbocycles. The summed E-state index contributed by atoms with van der Waals surface area (Å²) in [5, 5.41) is 45.1. The van der Waals surface area contributed by atoms with E-state index in [-0.39, 0.29) is 6.10 Å². The predicted octanol–water partition coefficient (Wildman–Crippen LogP) is -3.02. The average molecular weight is 193 g/mol. The van der Waals surface area contributed by atoms with Crippen LogP contribution < -0.4 is 0 Å². The molecule has 0 aliphatic carbocycles. The van der Waals surface area contributed by atoms with Crippen LogP contribution in [0.4, 0.5) is 0 Å². The SMILES string of the molecule is OC[C]1O[C@H](CO)[C@@H](O)[C@@H](O)[C@@H]1O. The van der Waals surface area contributed by atoms with Gasteiger partial charge in [-0.1, -0.05) is 0 Å². The van der Waals surface area contributed by atoms with Crippen molar-refractivity contribution in [1.82, 2.24) is 0 Å². The number of hydrogen-bond acceptors (Lipinski definition) is 6. The van der Waals surface area contributed by atoms with Crippen molar-refractivity contribution in [1.29, 1.82) is 0 Å². The topological polar surface area (TPSA) is 110 Å². The van der Waals surface area contributed by atoms with Gasteiger partial charge in [0.1, 0.15) is 24.4 Å². The third-order valence-electron chi connectivity index (χ3n) is 2.02. The third-order valence-corrected chi connectivity index (χ3v) is 2.02. The number of ether oxygens (including phenoxy) is 1. The van der Waals surface area contributed by atoms with Crippen molar-refractivity contribution in [3.8, 4) is 0 Å². The van der Waals surface area contributed by atoms with Gasteiger partial charge in [0.15, 0.2) is 6.10 Å². The van der Waals surface area contributed by atoms with Gasteiger partial charge < -0.3 is 30.3 Å². The molecule has 6 nitrogen and oxygen atoms in total. The zero-order chi connectivity index (χ0) is 10.0. The lowest BCUT2D eigenvalue weighted by atomic mass is 9.95. The maximum atomic E-state index is 9.23. The zero-order valence-electron chi connectivity index (χ0n) is 6.87. The molecule has 1 rings (SSSR count). The Bertz CT molecular complexity index is 143. The average Bonchev–Trinajstić information content (AvgIpc) is 2.15. The number of hydrogen-bond donors (Lipinski definition) is 5. The molecule has 1 saturated heterocycles. The van der Waals surface area contributed by atoms with E-state index < -0.39 is 37.6 Å². The Hall–Kier alpha value is -0.240. The summed E-state index contributed by atoms with van der Waals surface area (Å²) in [6, 6.07) is 0. The van der Waals surface area contributed by atoms with Gasteiger partial charge in [-0.05, 0) is 0 Å². The first kappa shape index (κ1) is 10.8. The van der Waals surface area contributed by atoms with E-state index in [1.54, 1.807) is 0 Å². The standard InChI is InChI=1S/C7H13O6/c8-1-3-5(10)7(12)6(11)4(2-9)13-3/h3,5-12H,1-2H2/t3-,5-,6-,7-/m1/s1. The van der Waals surface area contributed by atoms with E-state index in [2.05, 4.69) is 0 Å². The number of rotatable bonds is 2. The monoisotopic (exact) mass is 193 g/mol. The third kappa shape index (κ3) is 1.98. The molecule has 0 aromatic carbocycles. The van der Waals surface area contributed by atoms with Crippen LogP contribution >= 0.6 is 0 Å². The van der Waals surface area contributed by atoms with Crippen LogP contribution in [0.15, 0.2) is 0 Å². The fraction of sp³-hybridized carbons (Fsp3) is 0.857. The fourth-order valence-corrected chi connectivity index (χ4v) is 1.21. The van der Waals surface area contributed by atoms with Crippen molar-refractivity contribution in [3.63, 3.8) is 0 Å². The van der Waals surface area contributed by atoms with Crippen LogP contribution in [0.1, 0.15) is 0 Å². The van der Waals surface area contributed by atoms with E-state index in [1.165, 1.54) is 0 Å². The molecule has 4 atom stereocenters. The summed E-state index contributed by atoms with van der Waals surface area (Å²) in [5.41, 5.74) is 0. The van der Waals surface area contributed by atoms with E-state index >= 15 is 0 Å². The lowest BCUT2D eigenvalue weighted by Gasteiger charge is -2.38. The maximum absolute atomic E-state index is 9.23. The summed E-state index contributed by atoms with van der Waals surface area (Å²) in [6.07, 6.45) is -5.34. The van der Waals surface area contributed by atoms with Crippen molar-refractivity contribution >= 4 is 0 Å². The van der Waals surface area contributed by atoms with E-state index in [1.807, 2.05) is 0 Å². The lowest BCUT2D eigenvalue weighted by Crippen LogP contribution is -2.56. The summed E-state index contributed by atoms with van der Waals surface area (Å²) in [5.74, 6) is 0. The van der Waals surface area contributed by atoms with Crippen molar-refractivity contribution in [2.45, 2.75) is 24.4 Å². The summed E-state index contributed by atoms with van der Waals surface area (Å²) >= 11 is 0. The van der Waals surface area contributed by atoms with Crippen molar-refractivity contribution in [3.05, 3.63) is 6.10 Å². The molecule has 0 spiro atoms. The van der Waals surface area contributed by atoms with Gasteiger partial charge in [0.05, 0.1) is 13.2 Å². The Morgan fingerprint density at radius 1 is 1.08 bits per heavy atom. The van der Waals surface area contributed by atoms with Crippen LogP contribution in [0.5, 0.6) is 0 Å². The van der Waals surface area contributed by atoms with Gasteiger partial charge in [0.2, 0.25) is 0 Å². The summed E-state index contributed by atoms with van der Waals surface area (Å²) in [4.78, 5) is 0. The zero-order valence-corrected chi connectivity index (χ0v) is 6.87. The molecule has 0 unspecified atom stereocenters. The molecule has 0 bridgehead atoms. The van der Waals surface area contributed by atoms with Gasteiger partial charge in [0.25, 0.3) is 0 Å². The smallest absolute Gasteiger partial charge is 0.154 e. The normalized spacial score (nSPS) is 42.2. The first-order valence-corrected chi connectivity index (χ1v) is 3.90. The number of aliphatic hydroxyl groups is 5. The minimum atomic E-state index is -1.44. The molecule has 6 heteroatoms. The first-order valence-electron chi connectivity index (χ1n) is 3.90. The van der Waals surface area contributed by atoms with Crippen molar-refractivity contribution in [2.75, 3.05) is 13.2 Å². The minimum Gasteiger partial charge on any atom is -0.394 e. The van der Waals surface area contributed by atoms with E-state index in [0.717, 1.165) is 0 Å². The predicted molar refractivity (Wildman–Crippen MR) is 40.3 cm³/mol. The van der Waals surface area contributed by atoms with E-state index in [9.17, 15) is 15.3 Å². The van der Waals surface area contributed by atoms with Gasteiger partial charge in [-0.2, -0.15) is 0 Å². The maximum Gasteiger partial charge on any atom is 0.154 e. The van der Waals surface area contributed by atoms with Gasteiger partial charge in [0, 0.05) is 0 Å². The molecular weight excluding hydrogens is 180 g/mol. The fourth-order valence-electron chi connectivity index (χ4n) is 1.21. The molecule has 0 aromatic rings. The van der Waals surface area contributed by atoms with Crippen LogP contribution in [0.2, 0.25) is 0 Å². The van der Waals surface area contributed by atoms with Crippen molar-refractivity contribution in [2.24, 2.45) is 0 Å².